The van der Waals surface area contributed by atoms with E-state index in [1.165, 1.54) is 19.3 Å². The second-order valence-electron chi connectivity index (χ2n) is 4.30. The molecule has 1 aromatic rings. The Morgan fingerprint density at radius 1 is 1.44 bits per heavy atom. The molecule has 1 aromatic heterocycles. The molecule has 0 saturated carbocycles. The quantitative estimate of drug-likeness (QED) is 0.638. The zero-order valence-corrected chi connectivity index (χ0v) is 10.3. The van der Waals surface area contributed by atoms with Gasteiger partial charge in [-0.3, -0.25) is 0 Å². The summed E-state index contributed by atoms with van der Waals surface area (Å²) < 4.78 is 0. The predicted octanol–water partition coefficient (Wildman–Crippen LogP) is 3.81. The third-order valence-electron chi connectivity index (χ3n) is 3.01. The molecule has 0 aliphatic heterocycles. The third-order valence-corrected chi connectivity index (χ3v) is 3.22. The van der Waals surface area contributed by atoms with Crippen LogP contribution in [0.5, 0.6) is 0 Å². The van der Waals surface area contributed by atoms with E-state index in [4.69, 9.17) is 11.6 Å². The number of aromatic nitrogens is 1. The lowest BCUT2D eigenvalue weighted by atomic mass is 9.94. The first-order valence-electron chi connectivity index (χ1n) is 5.78. The van der Waals surface area contributed by atoms with E-state index in [-0.39, 0.29) is 0 Å². The van der Waals surface area contributed by atoms with Gasteiger partial charge in [-0.25, -0.2) is 4.98 Å². The molecule has 0 radical (unpaired) electrons. The third kappa shape index (κ3) is 2.99. The largest absolute Gasteiger partial charge is 0.383 e. The number of nitrogens with zero attached hydrogens (tertiary/aromatic N) is 1. The van der Waals surface area contributed by atoms with Crippen LogP contribution in [0.2, 0.25) is 5.15 Å². The van der Waals surface area contributed by atoms with E-state index in [0.29, 0.717) is 5.15 Å². The van der Waals surface area contributed by atoms with Crippen molar-refractivity contribution in [1.29, 1.82) is 0 Å². The normalized spacial score (nSPS) is 19.8. The number of rotatable bonds is 3. The summed E-state index contributed by atoms with van der Waals surface area (Å²) in [5.74, 6) is 0.750. The molecule has 0 spiro atoms. The van der Waals surface area contributed by atoms with Gasteiger partial charge in [0.15, 0.2) is 0 Å². The van der Waals surface area contributed by atoms with Gasteiger partial charge < -0.3 is 5.32 Å². The molecule has 2 rings (SSSR count). The van der Waals surface area contributed by atoms with Crippen molar-refractivity contribution in [2.75, 3.05) is 11.9 Å². The van der Waals surface area contributed by atoms with Crippen LogP contribution in [0, 0.1) is 12.8 Å². The van der Waals surface area contributed by atoms with Crippen molar-refractivity contribution in [3.63, 3.8) is 0 Å². The summed E-state index contributed by atoms with van der Waals surface area (Å²) >= 11 is 5.82. The van der Waals surface area contributed by atoms with Crippen molar-refractivity contribution < 1.29 is 0 Å². The summed E-state index contributed by atoms with van der Waals surface area (Å²) in [4.78, 5) is 4.23. The van der Waals surface area contributed by atoms with Crippen molar-refractivity contribution in [2.45, 2.75) is 26.2 Å². The molecule has 1 heterocycles. The molecule has 1 unspecified atom stereocenters. The molecule has 1 N–H and O–H groups in total. The van der Waals surface area contributed by atoms with Gasteiger partial charge in [-0.2, -0.15) is 0 Å². The Hall–Kier alpha value is -1.02. The van der Waals surface area contributed by atoms with Gasteiger partial charge in [0.2, 0.25) is 0 Å². The molecule has 0 amide bonds. The van der Waals surface area contributed by atoms with Crippen molar-refractivity contribution >= 4 is 17.3 Å². The van der Waals surface area contributed by atoms with Crippen molar-refractivity contribution in [1.82, 2.24) is 4.98 Å². The topological polar surface area (TPSA) is 24.9 Å². The van der Waals surface area contributed by atoms with E-state index in [1.807, 2.05) is 19.1 Å². The van der Waals surface area contributed by atoms with Gasteiger partial charge in [-0.15, -0.1) is 0 Å². The zero-order chi connectivity index (χ0) is 11.4. The lowest BCUT2D eigenvalue weighted by Crippen LogP contribution is -2.16. The number of anilines is 1. The maximum Gasteiger partial charge on any atom is 0.129 e. The van der Waals surface area contributed by atoms with Crippen LogP contribution in [-0.2, 0) is 0 Å². The Kier molecular flexibility index (Phi) is 3.83. The summed E-state index contributed by atoms with van der Waals surface area (Å²) in [6, 6.07) is 3.83. The summed E-state index contributed by atoms with van der Waals surface area (Å²) in [5.41, 5.74) is 2.07. The Labute approximate surface area is 102 Å². The number of hydrogen-bond donors (Lipinski definition) is 1. The van der Waals surface area contributed by atoms with Crippen molar-refractivity contribution in [3.8, 4) is 0 Å². The fourth-order valence-electron chi connectivity index (χ4n) is 2.01. The molecule has 2 nitrogen and oxygen atoms in total. The van der Waals surface area contributed by atoms with Crippen LogP contribution in [0.4, 0.5) is 5.69 Å². The van der Waals surface area contributed by atoms with Gasteiger partial charge in [-0.1, -0.05) is 23.8 Å². The second kappa shape index (κ2) is 5.35. The highest BCUT2D eigenvalue weighted by Crippen LogP contribution is 2.20. The van der Waals surface area contributed by atoms with Crippen LogP contribution in [-0.4, -0.2) is 11.5 Å². The maximum atomic E-state index is 5.82. The molecule has 16 heavy (non-hydrogen) atoms. The summed E-state index contributed by atoms with van der Waals surface area (Å²) in [6.45, 7) is 3.00. The monoisotopic (exact) mass is 236 g/mol. The Bertz CT molecular complexity index is 388. The zero-order valence-electron chi connectivity index (χ0n) is 9.54. The molecule has 1 aliphatic carbocycles. The van der Waals surface area contributed by atoms with E-state index < -0.39 is 0 Å². The van der Waals surface area contributed by atoms with E-state index in [9.17, 15) is 0 Å². The predicted molar refractivity (Wildman–Crippen MR) is 69.0 cm³/mol. The van der Waals surface area contributed by atoms with Gasteiger partial charge in [0, 0.05) is 6.54 Å². The average Bonchev–Trinajstić information content (AvgIpc) is 2.29. The van der Waals surface area contributed by atoms with Crippen molar-refractivity contribution in [2.24, 2.45) is 5.92 Å². The van der Waals surface area contributed by atoms with Crippen LogP contribution in [0.1, 0.15) is 25.0 Å². The van der Waals surface area contributed by atoms with Crippen molar-refractivity contribution in [3.05, 3.63) is 35.1 Å². The molecule has 86 valence electrons. The lowest BCUT2D eigenvalue weighted by Gasteiger charge is -2.19. The molecule has 0 bridgehead atoms. The first-order valence-corrected chi connectivity index (χ1v) is 6.15. The van der Waals surface area contributed by atoms with Crippen LogP contribution < -0.4 is 5.32 Å². The van der Waals surface area contributed by atoms with E-state index >= 15 is 0 Å². The van der Waals surface area contributed by atoms with Crippen LogP contribution in [0.3, 0.4) is 0 Å². The number of hydrogen-bond acceptors (Lipinski definition) is 2. The standard InChI is InChI=1S/C13H17ClN2/c1-10-12(7-8-13(14)16-10)15-9-11-5-3-2-4-6-11/h2-3,7-8,11,15H,4-6,9H2,1H3. The molecule has 3 heteroatoms. The molecular formula is C13H17ClN2. The van der Waals surface area contributed by atoms with Gasteiger partial charge in [-0.05, 0) is 44.2 Å². The number of nitrogens with one attached hydrogen (secondary N) is 1. The summed E-state index contributed by atoms with van der Waals surface area (Å²) in [5, 5.41) is 4.01. The fraction of sp³-hybridized carbons (Fsp3) is 0.462. The first-order chi connectivity index (χ1) is 7.75. The van der Waals surface area contributed by atoms with Gasteiger partial charge in [0.1, 0.15) is 5.15 Å². The number of pyridine rings is 1. The van der Waals surface area contributed by atoms with E-state index in [1.54, 1.807) is 0 Å². The lowest BCUT2D eigenvalue weighted by molar-refractivity contribution is 0.504. The Morgan fingerprint density at radius 2 is 2.31 bits per heavy atom. The minimum Gasteiger partial charge on any atom is -0.383 e. The van der Waals surface area contributed by atoms with Gasteiger partial charge in [0.05, 0.1) is 11.4 Å². The fourth-order valence-corrected chi connectivity index (χ4v) is 2.20. The van der Waals surface area contributed by atoms with Gasteiger partial charge in [0.25, 0.3) is 0 Å². The average molecular weight is 237 g/mol. The number of aryl methyl sites for hydroxylation is 1. The smallest absolute Gasteiger partial charge is 0.129 e. The Morgan fingerprint density at radius 3 is 3.00 bits per heavy atom. The van der Waals surface area contributed by atoms with E-state index in [0.717, 1.165) is 23.8 Å². The minimum atomic E-state index is 0.559. The first kappa shape index (κ1) is 11.5. The highest BCUT2D eigenvalue weighted by Gasteiger charge is 2.10. The van der Waals surface area contributed by atoms with E-state index in [2.05, 4.69) is 22.5 Å². The maximum absolute atomic E-state index is 5.82. The highest BCUT2D eigenvalue weighted by atomic mass is 35.5. The number of halogens is 1. The molecular weight excluding hydrogens is 220 g/mol. The Balaban J connectivity index is 1.91. The summed E-state index contributed by atoms with van der Waals surface area (Å²) in [6.07, 6.45) is 8.23. The SMILES string of the molecule is Cc1nc(Cl)ccc1NCC1CC=CCC1. The molecule has 1 atom stereocenters. The summed E-state index contributed by atoms with van der Waals surface area (Å²) in [7, 11) is 0. The molecule has 0 saturated heterocycles. The van der Waals surface area contributed by atoms with Crippen LogP contribution in [0.25, 0.3) is 0 Å². The second-order valence-corrected chi connectivity index (χ2v) is 4.69. The molecule has 1 aliphatic rings. The minimum absolute atomic E-state index is 0.559. The van der Waals surface area contributed by atoms with Crippen LogP contribution >= 0.6 is 11.6 Å². The molecule has 0 aromatic carbocycles. The number of allylic oxidation sites excluding steroid dienone is 2. The van der Waals surface area contributed by atoms with Crippen LogP contribution in [0.15, 0.2) is 24.3 Å². The van der Waals surface area contributed by atoms with Gasteiger partial charge >= 0.3 is 0 Å². The highest BCUT2D eigenvalue weighted by molar-refractivity contribution is 6.29. The molecule has 0 fully saturated rings.